The normalized spacial score (nSPS) is 15.9. The van der Waals surface area contributed by atoms with Crippen molar-refractivity contribution in [3.05, 3.63) is 51.7 Å². The first-order chi connectivity index (χ1) is 12.1. The van der Waals surface area contributed by atoms with Crippen LogP contribution in [0.15, 0.2) is 35.7 Å². The van der Waals surface area contributed by atoms with Crippen LogP contribution in [0.5, 0.6) is 5.75 Å². The summed E-state index contributed by atoms with van der Waals surface area (Å²) >= 11 is 1.67. The highest BCUT2D eigenvalue weighted by Gasteiger charge is 2.22. The zero-order valence-corrected chi connectivity index (χ0v) is 15.8. The molecule has 4 nitrogen and oxygen atoms in total. The number of hydrogen-bond donors (Lipinski definition) is 1. The van der Waals surface area contributed by atoms with Crippen LogP contribution < -0.4 is 10.1 Å². The van der Waals surface area contributed by atoms with Gasteiger partial charge in [-0.3, -0.25) is 9.69 Å². The van der Waals surface area contributed by atoms with E-state index in [1.807, 2.05) is 17.5 Å². The van der Waals surface area contributed by atoms with E-state index >= 15 is 0 Å². The molecule has 3 rings (SSSR count). The van der Waals surface area contributed by atoms with Gasteiger partial charge in [0.15, 0.2) is 0 Å². The number of nitrogens with one attached hydrogen (secondary N) is 1. The molecule has 0 aliphatic carbocycles. The zero-order chi connectivity index (χ0) is 17.6. The predicted molar refractivity (Wildman–Crippen MR) is 102 cm³/mol. The summed E-state index contributed by atoms with van der Waals surface area (Å²) in [6.07, 6.45) is 2.17. The average Bonchev–Trinajstić information content (AvgIpc) is 3.12. The van der Waals surface area contributed by atoms with Crippen molar-refractivity contribution < 1.29 is 9.53 Å². The van der Waals surface area contributed by atoms with Crippen LogP contribution in [0.1, 0.15) is 28.8 Å². The number of nitrogens with zero attached hydrogens (tertiary/aromatic N) is 1. The lowest BCUT2D eigenvalue weighted by atomic mass is 10.1. The number of aryl methyl sites for hydroxylation is 2. The lowest BCUT2D eigenvalue weighted by Gasteiger charge is -2.32. The Balaban J connectivity index is 1.42. The minimum Gasteiger partial charge on any atom is -0.490 e. The van der Waals surface area contributed by atoms with Gasteiger partial charge in [-0.05, 0) is 49.3 Å². The van der Waals surface area contributed by atoms with Crippen LogP contribution in [0.2, 0.25) is 0 Å². The van der Waals surface area contributed by atoms with Crippen molar-refractivity contribution >= 4 is 17.2 Å². The van der Waals surface area contributed by atoms with Crippen molar-refractivity contribution in [1.29, 1.82) is 0 Å². The maximum Gasteiger partial charge on any atom is 0.234 e. The molecular weight excluding hydrogens is 332 g/mol. The fourth-order valence-electron chi connectivity index (χ4n) is 3.19. The Bertz CT molecular complexity index is 671. The second-order valence-electron chi connectivity index (χ2n) is 6.67. The number of hydrogen-bond acceptors (Lipinski definition) is 4. The van der Waals surface area contributed by atoms with Crippen LogP contribution in [0.3, 0.4) is 0 Å². The van der Waals surface area contributed by atoms with E-state index in [0.29, 0.717) is 13.1 Å². The number of carbonyl (C=O) groups excluding carboxylic acids is 1. The first-order valence-corrected chi connectivity index (χ1v) is 9.74. The summed E-state index contributed by atoms with van der Waals surface area (Å²) in [4.78, 5) is 15.5. The van der Waals surface area contributed by atoms with Gasteiger partial charge in [0.25, 0.3) is 0 Å². The fourth-order valence-corrected chi connectivity index (χ4v) is 3.84. The van der Waals surface area contributed by atoms with E-state index in [0.717, 1.165) is 31.7 Å². The molecule has 1 aliphatic rings. The fraction of sp³-hybridized carbons (Fsp3) is 0.450. The number of ether oxygens (including phenoxy) is 1. The molecule has 2 heterocycles. The first-order valence-electron chi connectivity index (χ1n) is 8.86. The average molecular weight is 359 g/mol. The molecule has 0 unspecified atom stereocenters. The number of likely N-dealkylation sites (tertiary alicyclic amines) is 1. The van der Waals surface area contributed by atoms with E-state index in [-0.39, 0.29) is 12.0 Å². The van der Waals surface area contributed by atoms with E-state index in [9.17, 15) is 4.79 Å². The van der Waals surface area contributed by atoms with E-state index in [2.05, 4.69) is 42.3 Å². The van der Waals surface area contributed by atoms with Gasteiger partial charge in [0.2, 0.25) is 5.91 Å². The molecule has 0 saturated carbocycles. The third-order valence-electron chi connectivity index (χ3n) is 4.63. The predicted octanol–water partition coefficient (Wildman–Crippen LogP) is 3.52. The number of amides is 1. The molecule has 134 valence electrons. The van der Waals surface area contributed by atoms with Crippen molar-refractivity contribution in [1.82, 2.24) is 10.2 Å². The smallest absolute Gasteiger partial charge is 0.234 e. The molecule has 5 heteroatoms. The van der Waals surface area contributed by atoms with E-state index in [1.54, 1.807) is 11.3 Å². The second kappa shape index (κ2) is 8.50. The largest absolute Gasteiger partial charge is 0.490 e. The Morgan fingerprint density at radius 3 is 2.56 bits per heavy atom. The third-order valence-corrected chi connectivity index (χ3v) is 5.51. The van der Waals surface area contributed by atoms with Crippen LogP contribution >= 0.6 is 11.3 Å². The Labute approximate surface area is 153 Å². The molecule has 1 fully saturated rings. The molecule has 25 heavy (non-hydrogen) atoms. The molecule has 1 aromatic carbocycles. The Kier molecular flexibility index (Phi) is 6.10. The summed E-state index contributed by atoms with van der Waals surface area (Å²) in [5, 5.41) is 5.03. The van der Waals surface area contributed by atoms with Crippen molar-refractivity contribution in [2.75, 3.05) is 19.6 Å². The third kappa shape index (κ3) is 5.06. The van der Waals surface area contributed by atoms with Gasteiger partial charge in [-0.25, -0.2) is 0 Å². The number of rotatable bonds is 6. The van der Waals surface area contributed by atoms with E-state index in [1.165, 1.54) is 16.0 Å². The molecule has 1 aromatic heterocycles. The molecule has 2 aromatic rings. The summed E-state index contributed by atoms with van der Waals surface area (Å²) in [6, 6.07) is 10.3. The molecule has 0 bridgehead atoms. The summed E-state index contributed by atoms with van der Waals surface area (Å²) in [5.74, 6) is 1.12. The Morgan fingerprint density at radius 2 is 1.92 bits per heavy atom. The lowest BCUT2D eigenvalue weighted by molar-refractivity contribution is -0.122. The van der Waals surface area contributed by atoms with Gasteiger partial charge in [0.05, 0.1) is 13.1 Å². The van der Waals surface area contributed by atoms with Crippen molar-refractivity contribution in [3.63, 3.8) is 0 Å². The monoisotopic (exact) mass is 358 g/mol. The molecular formula is C20H26N2O2S. The number of piperidine rings is 1. The molecule has 1 N–H and O–H groups in total. The Morgan fingerprint density at radius 1 is 1.20 bits per heavy atom. The summed E-state index contributed by atoms with van der Waals surface area (Å²) in [7, 11) is 0. The maximum absolute atomic E-state index is 12.1. The van der Waals surface area contributed by atoms with E-state index < -0.39 is 0 Å². The number of para-hydroxylation sites is 1. The zero-order valence-electron chi connectivity index (χ0n) is 15.0. The van der Waals surface area contributed by atoms with Gasteiger partial charge in [-0.2, -0.15) is 0 Å². The van der Waals surface area contributed by atoms with Crippen molar-refractivity contribution in [2.24, 2.45) is 0 Å². The van der Waals surface area contributed by atoms with Crippen LogP contribution in [0, 0.1) is 13.8 Å². The lowest BCUT2D eigenvalue weighted by Crippen LogP contribution is -2.43. The second-order valence-corrected chi connectivity index (χ2v) is 7.70. The van der Waals surface area contributed by atoms with Crippen molar-refractivity contribution in [3.8, 4) is 5.75 Å². The summed E-state index contributed by atoms with van der Waals surface area (Å²) in [6.45, 7) is 7.10. The van der Waals surface area contributed by atoms with Crippen molar-refractivity contribution in [2.45, 2.75) is 39.3 Å². The minimum atomic E-state index is 0.0996. The summed E-state index contributed by atoms with van der Waals surface area (Å²) in [5.41, 5.74) is 2.38. The van der Waals surface area contributed by atoms with Gasteiger partial charge >= 0.3 is 0 Å². The van der Waals surface area contributed by atoms with Gasteiger partial charge in [-0.1, -0.05) is 24.3 Å². The molecule has 0 spiro atoms. The van der Waals surface area contributed by atoms with Gasteiger partial charge in [-0.15, -0.1) is 11.3 Å². The topological polar surface area (TPSA) is 41.6 Å². The van der Waals surface area contributed by atoms with Crippen LogP contribution in [-0.2, 0) is 11.3 Å². The molecule has 1 saturated heterocycles. The molecule has 1 amide bonds. The van der Waals surface area contributed by atoms with Gasteiger partial charge < -0.3 is 10.1 Å². The van der Waals surface area contributed by atoms with Crippen LogP contribution in [-0.4, -0.2) is 36.5 Å². The maximum atomic E-state index is 12.1. The SMILES string of the molecule is Cc1cccc(C)c1OC1CCN(CC(=O)NCc2cccs2)CC1. The molecule has 1 aliphatic heterocycles. The minimum absolute atomic E-state index is 0.0996. The quantitative estimate of drug-likeness (QED) is 0.859. The standard InChI is InChI=1S/C20H26N2O2S/c1-15-5-3-6-16(2)20(15)24-17-8-10-22(11-9-17)14-19(23)21-13-18-7-4-12-25-18/h3-7,12,17H,8-11,13-14H2,1-2H3,(H,21,23). The summed E-state index contributed by atoms with van der Waals surface area (Å²) < 4.78 is 6.24. The Hall–Kier alpha value is -1.85. The molecule has 0 atom stereocenters. The van der Waals surface area contributed by atoms with Crippen LogP contribution in [0.4, 0.5) is 0 Å². The molecule has 0 radical (unpaired) electrons. The first kappa shape index (κ1) is 18.0. The van der Waals surface area contributed by atoms with Gasteiger partial charge in [0, 0.05) is 18.0 Å². The number of carbonyl (C=O) groups is 1. The number of benzene rings is 1. The van der Waals surface area contributed by atoms with Crippen LogP contribution in [0.25, 0.3) is 0 Å². The highest BCUT2D eigenvalue weighted by molar-refractivity contribution is 7.09. The van der Waals surface area contributed by atoms with E-state index in [4.69, 9.17) is 4.74 Å². The highest BCUT2D eigenvalue weighted by Crippen LogP contribution is 2.26. The highest BCUT2D eigenvalue weighted by atomic mass is 32.1. The number of thiophene rings is 1. The van der Waals surface area contributed by atoms with Gasteiger partial charge in [0.1, 0.15) is 11.9 Å².